The van der Waals surface area contributed by atoms with Crippen molar-refractivity contribution in [2.75, 3.05) is 26.2 Å². The molecule has 1 amide bonds. The number of hydrogen-bond acceptors (Lipinski definition) is 3. The molecule has 7 heteroatoms. The van der Waals surface area contributed by atoms with Crippen molar-refractivity contribution in [2.24, 2.45) is 5.73 Å². The van der Waals surface area contributed by atoms with Gasteiger partial charge in [-0.2, -0.15) is 0 Å². The summed E-state index contributed by atoms with van der Waals surface area (Å²) in [4.78, 5) is 16.4. The number of amides is 1. The molecule has 1 heterocycles. The molecule has 0 radical (unpaired) electrons. The summed E-state index contributed by atoms with van der Waals surface area (Å²) in [5.74, 6) is 0.0209. The number of hydrogen-bond donors (Lipinski definition) is 1. The van der Waals surface area contributed by atoms with E-state index in [0.29, 0.717) is 13.1 Å². The van der Waals surface area contributed by atoms with E-state index in [4.69, 9.17) is 17.3 Å². The maximum absolute atomic E-state index is 12.2. The molecule has 2 rings (SSSR count). The van der Waals surface area contributed by atoms with Gasteiger partial charge in [0.2, 0.25) is 5.91 Å². The molecule has 0 saturated carbocycles. The lowest BCUT2D eigenvalue weighted by atomic mass is 10.0. The molecule has 1 aromatic carbocycles. The number of carbonyl (C=O) groups excluding carboxylic acids is 1. The van der Waals surface area contributed by atoms with Gasteiger partial charge >= 0.3 is 0 Å². The van der Waals surface area contributed by atoms with Crippen molar-refractivity contribution in [1.29, 1.82) is 0 Å². The second-order valence-electron chi connectivity index (χ2n) is 6.25. The number of piperazine rings is 1. The normalized spacial score (nSPS) is 17.0. The number of benzene rings is 1. The maximum Gasteiger partial charge on any atom is 0.242 e. The molecule has 1 unspecified atom stereocenters. The number of rotatable bonds is 3. The highest BCUT2D eigenvalue weighted by molar-refractivity contribution is 6.31. The quantitative estimate of drug-likeness (QED) is 0.874. The highest BCUT2D eigenvalue weighted by Crippen LogP contribution is 2.27. The highest BCUT2D eigenvalue weighted by Gasteiger charge is 2.31. The Labute approximate surface area is 156 Å². The predicted molar refractivity (Wildman–Crippen MR) is 101 cm³/mol. The van der Waals surface area contributed by atoms with Crippen molar-refractivity contribution in [3.8, 4) is 0 Å². The van der Waals surface area contributed by atoms with Gasteiger partial charge in [-0.3, -0.25) is 9.69 Å². The molecule has 23 heavy (non-hydrogen) atoms. The third-order valence-corrected chi connectivity index (χ3v) is 4.40. The SMILES string of the molecule is CC(c1ccccc1Cl)N1CCN(C(=O)C(C)(C)N)CC1.Cl.Cl. The zero-order valence-electron chi connectivity index (χ0n) is 13.8. The fourth-order valence-corrected chi connectivity index (χ4v) is 3.02. The van der Waals surface area contributed by atoms with Gasteiger partial charge in [-0.05, 0) is 32.4 Å². The summed E-state index contributed by atoms with van der Waals surface area (Å²) in [6.07, 6.45) is 0. The van der Waals surface area contributed by atoms with E-state index in [9.17, 15) is 4.79 Å². The Kier molecular flexibility index (Phi) is 8.89. The largest absolute Gasteiger partial charge is 0.339 e. The first-order valence-corrected chi connectivity index (χ1v) is 7.75. The van der Waals surface area contributed by atoms with Crippen LogP contribution in [0.5, 0.6) is 0 Å². The monoisotopic (exact) mass is 381 g/mol. The first-order valence-electron chi connectivity index (χ1n) is 7.37. The molecule has 0 spiro atoms. The number of halogens is 3. The Morgan fingerprint density at radius 2 is 1.70 bits per heavy atom. The van der Waals surface area contributed by atoms with Gasteiger partial charge in [0.25, 0.3) is 0 Å². The van der Waals surface area contributed by atoms with E-state index in [1.54, 1.807) is 13.8 Å². The minimum absolute atomic E-state index is 0. The first kappa shape index (κ1) is 22.5. The van der Waals surface area contributed by atoms with Gasteiger partial charge in [-0.1, -0.05) is 29.8 Å². The Morgan fingerprint density at radius 1 is 1.17 bits per heavy atom. The van der Waals surface area contributed by atoms with Gasteiger partial charge in [-0.15, -0.1) is 24.8 Å². The lowest BCUT2D eigenvalue weighted by Crippen LogP contribution is -2.57. The minimum Gasteiger partial charge on any atom is -0.339 e. The lowest BCUT2D eigenvalue weighted by Gasteiger charge is -2.40. The van der Waals surface area contributed by atoms with Crippen molar-refractivity contribution in [3.63, 3.8) is 0 Å². The smallest absolute Gasteiger partial charge is 0.242 e. The van der Waals surface area contributed by atoms with E-state index < -0.39 is 5.54 Å². The van der Waals surface area contributed by atoms with Crippen molar-refractivity contribution in [1.82, 2.24) is 9.80 Å². The Balaban J connectivity index is 0.00000242. The topological polar surface area (TPSA) is 49.6 Å². The molecular formula is C16H26Cl3N3O. The van der Waals surface area contributed by atoms with Crippen LogP contribution in [-0.4, -0.2) is 47.4 Å². The van der Waals surface area contributed by atoms with Crippen LogP contribution in [0.3, 0.4) is 0 Å². The zero-order chi connectivity index (χ0) is 15.6. The predicted octanol–water partition coefficient (Wildman–Crippen LogP) is 3.13. The van der Waals surface area contributed by atoms with Crippen LogP contribution >= 0.6 is 36.4 Å². The van der Waals surface area contributed by atoms with Crippen LogP contribution in [0.4, 0.5) is 0 Å². The van der Waals surface area contributed by atoms with Crippen LogP contribution in [0.2, 0.25) is 5.02 Å². The Morgan fingerprint density at radius 3 is 2.17 bits per heavy atom. The van der Waals surface area contributed by atoms with Crippen LogP contribution in [0, 0.1) is 0 Å². The maximum atomic E-state index is 12.2. The molecule has 0 aromatic heterocycles. The summed E-state index contributed by atoms with van der Waals surface area (Å²) < 4.78 is 0. The summed E-state index contributed by atoms with van der Waals surface area (Å²) in [5.41, 5.74) is 6.23. The van der Waals surface area contributed by atoms with Crippen molar-refractivity contribution in [3.05, 3.63) is 34.9 Å². The van der Waals surface area contributed by atoms with Crippen molar-refractivity contribution >= 4 is 42.3 Å². The van der Waals surface area contributed by atoms with E-state index in [2.05, 4.69) is 17.9 Å². The molecule has 132 valence electrons. The Bertz CT molecular complexity index is 512. The summed E-state index contributed by atoms with van der Waals surface area (Å²) in [6, 6.07) is 8.19. The van der Waals surface area contributed by atoms with Crippen molar-refractivity contribution in [2.45, 2.75) is 32.4 Å². The number of nitrogens with zero attached hydrogens (tertiary/aromatic N) is 2. The van der Waals surface area contributed by atoms with E-state index >= 15 is 0 Å². The van der Waals surface area contributed by atoms with Gasteiger partial charge in [0.1, 0.15) is 0 Å². The molecule has 0 aliphatic carbocycles. The first-order chi connectivity index (χ1) is 9.80. The van der Waals surface area contributed by atoms with E-state index in [1.807, 2.05) is 23.1 Å². The molecule has 1 fully saturated rings. The third-order valence-electron chi connectivity index (χ3n) is 4.06. The molecule has 0 bridgehead atoms. The number of nitrogens with two attached hydrogens (primary N) is 1. The number of carbonyl (C=O) groups is 1. The molecule has 1 saturated heterocycles. The third kappa shape index (κ3) is 5.50. The second-order valence-corrected chi connectivity index (χ2v) is 6.65. The molecular weight excluding hydrogens is 357 g/mol. The van der Waals surface area contributed by atoms with Gasteiger partial charge in [0, 0.05) is 37.2 Å². The molecule has 1 atom stereocenters. The Hall–Kier alpha value is -0.520. The van der Waals surface area contributed by atoms with Crippen LogP contribution < -0.4 is 5.73 Å². The molecule has 1 aliphatic rings. The molecule has 4 nitrogen and oxygen atoms in total. The van der Waals surface area contributed by atoms with E-state index in [-0.39, 0.29) is 36.8 Å². The summed E-state index contributed by atoms with van der Waals surface area (Å²) in [5, 5.41) is 0.798. The van der Waals surface area contributed by atoms with E-state index in [1.165, 1.54) is 0 Å². The van der Waals surface area contributed by atoms with Crippen molar-refractivity contribution < 1.29 is 4.79 Å². The molecule has 1 aromatic rings. The lowest BCUT2D eigenvalue weighted by molar-refractivity contribution is -0.137. The van der Waals surface area contributed by atoms with Crippen LogP contribution in [-0.2, 0) is 4.79 Å². The van der Waals surface area contributed by atoms with Crippen LogP contribution in [0.25, 0.3) is 0 Å². The standard InChI is InChI=1S/C16H24ClN3O.2ClH/c1-12(13-6-4-5-7-14(13)17)19-8-10-20(11-9-19)15(21)16(2,3)18;;/h4-7,12H,8-11,18H2,1-3H3;2*1H. The molecule has 1 aliphatic heterocycles. The summed E-state index contributed by atoms with van der Waals surface area (Å²) >= 11 is 6.27. The summed E-state index contributed by atoms with van der Waals surface area (Å²) in [6.45, 7) is 8.79. The minimum atomic E-state index is -0.795. The summed E-state index contributed by atoms with van der Waals surface area (Å²) in [7, 11) is 0. The van der Waals surface area contributed by atoms with E-state index in [0.717, 1.165) is 23.7 Å². The fraction of sp³-hybridized carbons (Fsp3) is 0.562. The fourth-order valence-electron chi connectivity index (χ4n) is 2.73. The average molecular weight is 383 g/mol. The highest BCUT2D eigenvalue weighted by atomic mass is 35.5. The second kappa shape index (κ2) is 9.09. The van der Waals surface area contributed by atoms with Gasteiger partial charge in [0.15, 0.2) is 0 Å². The van der Waals surface area contributed by atoms with Gasteiger partial charge in [0.05, 0.1) is 5.54 Å². The van der Waals surface area contributed by atoms with Gasteiger partial charge in [-0.25, -0.2) is 0 Å². The zero-order valence-corrected chi connectivity index (χ0v) is 16.2. The van der Waals surface area contributed by atoms with Crippen LogP contribution in [0.15, 0.2) is 24.3 Å². The van der Waals surface area contributed by atoms with Gasteiger partial charge < -0.3 is 10.6 Å². The average Bonchev–Trinajstić information content (AvgIpc) is 2.45. The van der Waals surface area contributed by atoms with Crippen LogP contribution in [0.1, 0.15) is 32.4 Å². The molecule has 2 N–H and O–H groups in total.